The van der Waals surface area contributed by atoms with E-state index in [0.717, 1.165) is 12.1 Å². The van der Waals surface area contributed by atoms with Crippen LogP contribution in [0.1, 0.15) is 19.3 Å². The van der Waals surface area contributed by atoms with Crippen LogP contribution in [-0.2, 0) is 14.6 Å². The van der Waals surface area contributed by atoms with Crippen molar-refractivity contribution in [2.75, 3.05) is 28.3 Å². The molecule has 2 aliphatic heterocycles. The predicted molar refractivity (Wildman–Crippen MR) is 87.2 cm³/mol. The molecule has 1 atom stereocenters. The van der Waals surface area contributed by atoms with E-state index >= 15 is 0 Å². The number of rotatable bonds is 3. The molecule has 0 aliphatic carbocycles. The van der Waals surface area contributed by atoms with E-state index in [1.165, 1.54) is 0 Å². The molecular weight excluding hydrogens is 318 g/mol. The summed E-state index contributed by atoms with van der Waals surface area (Å²) in [5, 5.41) is 5.36. The molecule has 7 nitrogen and oxygen atoms in total. The van der Waals surface area contributed by atoms with Crippen LogP contribution in [0.4, 0.5) is 16.2 Å². The Labute approximate surface area is 135 Å². The summed E-state index contributed by atoms with van der Waals surface area (Å²) in [7, 11) is -3.02. The van der Waals surface area contributed by atoms with Crippen LogP contribution in [0.2, 0.25) is 0 Å². The number of benzene rings is 1. The molecule has 0 saturated carbocycles. The van der Waals surface area contributed by atoms with Crippen LogP contribution in [0, 0.1) is 0 Å². The minimum absolute atomic E-state index is 0.0112. The lowest BCUT2D eigenvalue weighted by molar-refractivity contribution is -0.117. The Kier molecular flexibility index (Phi) is 4.25. The van der Waals surface area contributed by atoms with Crippen molar-refractivity contribution in [3.8, 4) is 0 Å². The van der Waals surface area contributed by atoms with Crippen molar-refractivity contribution in [2.45, 2.75) is 25.3 Å². The summed E-state index contributed by atoms with van der Waals surface area (Å²) in [4.78, 5) is 25.4. The van der Waals surface area contributed by atoms with Gasteiger partial charge in [0.1, 0.15) is 0 Å². The van der Waals surface area contributed by atoms with Gasteiger partial charge in [0.2, 0.25) is 5.91 Å². The summed E-state index contributed by atoms with van der Waals surface area (Å²) in [6.45, 7) is 0.689. The van der Waals surface area contributed by atoms with Crippen molar-refractivity contribution < 1.29 is 18.0 Å². The predicted octanol–water partition coefficient (Wildman–Crippen LogP) is 1.12. The highest BCUT2D eigenvalue weighted by atomic mass is 32.2. The molecule has 0 radical (unpaired) electrons. The first-order valence-corrected chi connectivity index (χ1v) is 9.43. The van der Waals surface area contributed by atoms with Gasteiger partial charge in [-0.05, 0) is 31.0 Å². The molecule has 8 heteroatoms. The zero-order chi connectivity index (χ0) is 16.4. The lowest BCUT2D eigenvalue weighted by atomic mass is 10.2. The first-order chi connectivity index (χ1) is 10.9. The maximum Gasteiger partial charge on any atom is 0.319 e. The Morgan fingerprint density at radius 3 is 2.78 bits per heavy atom. The average molecular weight is 337 g/mol. The fraction of sp³-hybridized carbons (Fsp3) is 0.467. The minimum atomic E-state index is -3.02. The van der Waals surface area contributed by atoms with Gasteiger partial charge < -0.3 is 15.5 Å². The highest BCUT2D eigenvalue weighted by molar-refractivity contribution is 7.91. The summed E-state index contributed by atoms with van der Waals surface area (Å²) in [6, 6.07) is 6.30. The van der Waals surface area contributed by atoms with E-state index in [9.17, 15) is 18.0 Å². The first kappa shape index (κ1) is 15.8. The third kappa shape index (κ3) is 3.82. The molecule has 2 heterocycles. The summed E-state index contributed by atoms with van der Waals surface area (Å²) >= 11 is 0. The molecular formula is C15H19N3O4S. The zero-order valence-electron chi connectivity index (χ0n) is 12.6. The summed E-state index contributed by atoms with van der Waals surface area (Å²) < 4.78 is 22.8. The molecule has 3 rings (SSSR count). The second-order valence-corrected chi connectivity index (χ2v) is 8.13. The van der Waals surface area contributed by atoms with E-state index in [1.54, 1.807) is 23.1 Å². The van der Waals surface area contributed by atoms with Gasteiger partial charge in [-0.25, -0.2) is 13.2 Å². The Hall–Kier alpha value is -2.09. The molecule has 1 aromatic carbocycles. The van der Waals surface area contributed by atoms with Crippen LogP contribution >= 0.6 is 0 Å². The number of hydrogen-bond acceptors (Lipinski definition) is 4. The molecule has 0 unspecified atom stereocenters. The van der Waals surface area contributed by atoms with Gasteiger partial charge in [0.15, 0.2) is 9.84 Å². The van der Waals surface area contributed by atoms with E-state index < -0.39 is 15.9 Å². The third-order valence-corrected chi connectivity index (χ3v) is 5.82. The lowest BCUT2D eigenvalue weighted by Gasteiger charge is -2.17. The molecule has 0 spiro atoms. The summed E-state index contributed by atoms with van der Waals surface area (Å²) in [5.74, 6) is 0.190. The Balaban J connectivity index is 1.61. The molecule has 124 valence electrons. The number of nitrogens with zero attached hydrogens (tertiary/aromatic N) is 1. The normalized spacial score (nSPS) is 23.0. The van der Waals surface area contributed by atoms with Gasteiger partial charge in [0.25, 0.3) is 0 Å². The van der Waals surface area contributed by atoms with Crippen molar-refractivity contribution in [3.63, 3.8) is 0 Å². The maximum absolute atomic E-state index is 12.0. The summed E-state index contributed by atoms with van der Waals surface area (Å²) in [5.41, 5.74) is 1.33. The minimum Gasteiger partial charge on any atom is -0.334 e. The van der Waals surface area contributed by atoms with Crippen molar-refractivity contribution in [3.05, 3.63) is 24.3 Å². The topological polar surface area (TPSA) is 95.6 Å². The van der Waals surface area contributed by atoms with E-state index in [0.29, 0.717) is 25.1 Å². The number of carbonyl (C=O) groups is 2. The van der Waals surface area contributed by atoms with Gasteiger partial charge in [-0.1, -0.05) is 6.07 Å². The number of carbonyl (C=O) groups excluding carboxylic acids is 2. The van der Waals surface area contributed by atoms with Crippen LogP contribution < -0.4 is 15.5 Å². The van der Waals surface area contributed by atoms with Gasteiger partial charge in [-0.15, -0.1) is 0 Å². The molecule has 23 heavy (non-hydrogen) atoms. The number of urea groups is 1. The number of hydrogen-bond donors (Lipinski definition) is 2. The Morgan fingerprint density at radius 2 is 2.13 bits per heavy atom. The second-order valence-electron chi connectivity index (χ2n) is 5.90. The van der Waals surface area contributed by atoms with Gasteiger partial charge >= 0.3 is 6.03 Å². The quantitative estimate of drug-likeness (QED) is 0.864. The van der Waals surface area contributed by atoms with Crippen LogP contribution in [0.3, 0.4) is 0 Å². The molecule has 1 aromatic rings. The average Bonchev–Trinajstić information content (AvgIpc) is 3.04. The first-order valence-electron chi connectivity index (χ1n) is 7.61. The number of sulfone groups is 1. The Morgan fingerprint density at radius 1 is 1.30 bits per heavy atom. The van der Waals surface area contributed by atoms with Gasteiger partial charge in [0, 0.05) is 30.4 Å². The molecule has 2 aliphatic rings. The van der Waals surface area contributed by atoms with E-state index in [2.05, 4.69) is 10.6 Å². The van der Waals surface area contributed by atoms with Crippen LogP contribution in [0.15, 0.2) is 24.3 Å². The van der Waals surface area contributed by atoms with Crippen molar-refractivity contribution >= 4 is 33.2 Å². The van der Waals surface area contributed by atoms with Gasteiger partial charge in [-0.2, -0.15) is 0 Å². The highest BCUT2D eigenvalue weighted by Crippen LogP contribution is 2.24. The molecule has 0 bridgehead atoms. The number of amides is 3. The van der Waals surface area contributed by atoms with Crippen molar-refractivity contribution in [1.29, 1.82) is 0 Å². The largest absolute Gasteiger partial charge is 0.334 e. The standard InChI is InChI=1S/C15H19N3O4S/c19-14-5-2-7-18(14)13-4-1-3-11(9-13)16-15(20)17-12-6-8-23(21,22)10-12/h1,3-4,9,12H,2,5-8,10H2,(H2,16,17,20)/t12-/m0/s1. The van der Waals surface area contributed by atoms with Crippen LogP contribution in [0.5, 0.6) is 0 Å². The highest BCUT2D eigenvalue weighted by Gasteiger charge is 2.29. The van der Waals surface area contributed by atoms with Gasteiger partial charge in [0.05, 0.1) is 11.5 Å². The Bertz CT molecular complexity index is 732. The van der Waals surface area contributed by atoms with E-state index in [-0.39, 0.29) is 23.5 Å². The van der Waals surface area contributed by atoms with Crippen molar-refractivity contribution in [2.24, 2.45) is 0 Å². The van der Waals surface area contributed by atoms with E-state index in [1.807, 2.05) is 6.07 Å². The summed E-state index contributed by atoms with van der Waals surface area (Å²) in [6.07, 6.45) is 1.83. The van der Waals surface area contributed by atoms with Crippen molar-refractivity contribution in [1.82, 2.24) is 5.32 Å². The fourth-order valence-corrected chi connectivity index (χ4v) is 4.61. The van der Waals surface area contributed by atoms with E-state index in [4.69, 9.17) is 0 Å². The maximum atomic E-state index is 12.0. The SMILES string of the molecule is O=C(Nc1cccc(N2CCCC2=O)c1)N[C@H]1CCS(=O)(=O)C1. The zero-order valence-corrected chi connectivity index (χ0v) is 13.4. The van der Waals surface area contributed by atoms with Crippen LogP contribution in [0.25, 0.3) is 0 Å². The second kappa shape index (κ2) is 6.19. The molecule has 2 saturated heterocycles. The smallest absolute Gasteiger partial charge is 0.319 e. The third-order valence-electron chi connectivity index (χ3n) is 4.06. The number of nitrogens with one attached hydrogen (secondary N) is 2. The van der Waals surface area contributed by atoms with Gasteiger partial charge in [-0.3, -0.25) is 4.79 Å². The molecule has 3 amide bonds. The monoisotopic (exact) mass is 337 g/mol. The molecule has 2 N–H and O–H groups in total. The molecule has 2 fully saturated rings. The number of anilines is 2. The van der Waals surface area contributed by atoms with Crippen LogP contribution in [-0.4, -0.2) is 44.4 Å². The fourth-order valence-electron chi connectivity index (χ4n) is 2.93. The lowest BCUT2D eigenvalue weighted by Crippen LogP contribution is -2.38. The molecule has 0 aromatic heterocycles.